The lowest BCUT2D eigenvalue weighted by molar-refractivity contribution is -0.139. The Bertz CT molecular complexity index is 363. The minimum atomic E-state index is 0.0893. The zero-order valence-corrected chi connectivity index (χ0v) is 12.3. The fraction of sp³-hybridized carbons (Fsp3) is 0.933. The lowest BCUT2D eigenvalue weighted by Gasteiger charge is -2.65. The molecule has 0 aromatic carbocycles. The predicted octanol–water partition coefficient (Wildman–Crippen LogP) is 3.48. The van der Waals surface area contributed by atoms with Crippen molar-refractivity contribution < 1.29 is 4.79 Å². The third-order valence-electron chi connectivity index (χ3n) is 5.35. The highest BCUT2D eigenvalue weighted by atomic mass is 35.5. The molecule has 2 nitrogen and oxygen atoms in total. The van der Waals surface area contributed by atoms with Gasteiger partial charge in [0.15, 0.2) is 0 Å². The summed E-state index contributed by atoms with van der Waals surface area (Å²) in [4.78, 5) is 11.9. The van der Waals surface area contributed by atoms with Gasteiger partial charge in [-0.2, -0.15) is 0 Å². The molecule has 4 aliphatic rings. The van der Waals surface area contributed by atoms with Gasteiger partial charge in [-0.25, -0.2) is 0 Å². The van der Waals surface area contributed by atoms with Gasteiger partial charge in [-0.15, -0.1) is 11.6 Å². The Hall–Kier alpha value is -0.240. The van der Waals surface area contributed by atoms with Crippen LogP contribution in [-0.2, 0) is 4.79 Å². The van der Waals surface area contributed by atoms with Gasteiger partial charge in [-0.1, -0.05) is 13.8 Å². The van der Waals surface area contributed by atoms with Crippen LogP contribution in [0.15, 0.2) is 0 Å². The molecular weight excluding hydrogens is 246 g/mol. The molecule has 2 unspecified atom stereocenters. The highest BCUT2D eigenvalue weighted by molar-refractivity contribution is 6.18. The number of hydrogen-bond donors (Lipinski definition) is 1. The molecule has 102 valence electrons. The summed E-state index contributed by atoms with van der Waals surface area (Å²) in [7, 11) is 0. The number of alkyl halides is 1. The molecule has 0 saturated heterocycles. The van der Waals surface area contributed by atoms with Crippen LogP contribution in [0.4, 0.5) is 0 Å². The summed E-state index contributed by atoms with van der Waals surface area (Å²) in [5, 5.41) is 3.35. The normalized spacial score (nSPS) is 49.4. The molecule has 18 heavy (non-hydrogen) atoms. The smallest absolute Gasteiger partial charge is 0.221 e. The molecule has 0 radical (unpaired) electrons. The first-order chi connectivity index (χ1) is 8.36. The van der Waals surface area contributed by atoms with Crippen molar-refractivity contribution in [1.29, 1.82) is 0 Å². The van der Waals surface area contributed by atoms with E-state index in [9.17, 15) is 4.79 Å². The molecule has 4 saturated carbocycles. The number of rotatable bonds is 3. The van der Waals surface area contributed by atoms with Crippen LogP contribution in [0.1, 0.15) is 58.8 Å². The van der Waals surface area contributed by atoms with Crippen molar-refractivity contribution in [2.24, 2.45) is 16.7 Å². The van der Waals surface area contributed by atoms with E-state index in [1.54, 1.807) is 0 Å². The van der Waals surface area contributed by atoms with E-state index in [1.165, 1.54) is 38.5 Å². The molecule has 1 N–H and O–H groups in total. The third kappa shape index (κ3) is 2.07. The van der Waals surface area contributed by atoms with E-state index in [-0.39, 0.29) is 11.4 Å². The van der Waals surface area contributed by atoms with Crippen molar-refractivity contribution >= 4 is 17.5 Å². The van der Waals surface area contributed by atoms with Gasteiger partial charge < -0.3 is 5.32 Å². The SMILES string of the molecule is CC12CC3CC(C)(C1)CC(NC(=O)CCCl)(C3)C2. The number of hydrogen-bond acceptors (Lipinski definition) is 1. The van der Waals surface area contributed by atoms with Crippen LogP contribution in [0.25, 0.3) is 0 Å². The van der Waals surface area contributed by atoms with Gasteiger partial charge in [0.05, 0.1) is 0 Å². The highest BCUT2D eigenvalue weighted by Gasteiger charge is 2.60. The number of halogens is 1. The van der Waals surface area contributed by atoms with Crippen molar-refractivity contribution in [2.45, 2.75) is 64.3 Å². The van der Waals surface area contributed by atoms with Crippen molar-refractivity contribution in [3.05, 3.63) is 0 Å². The van der Waals surface area contributed by atoms with E-state index in [2.05, 4.69) is 19.2 Å². The Labute approximate surface area is 115 Å². The topological polar surface area (TPSA) is 29.1 Å². The Kier molecular flexibility index (Phi) is 2.75. The zero-order chi connectivity index (χ0) is 13.0. The molecule has 2 atom stereocenters. The van der Waals surface area contributed by atoms with E-state index < -0.39 is 0 Å². The molecular formula is C15H24ClNO. The average Bonchev–Trinajstić information content (AvgIpc) is 2.09. The van der Waals surface area contributed by atoms with Gasteiger partial charge in [0.25, 0.3) is 0 Å². The van der Waals surface area contributed by atoms with Crippen LogP contribution in [0.3, 0.4) is 0 Å². The lowest BCUT2D eigenvalue weighted by atomic mass is 9.43. The van der Waals surface area contributed by atoms with Gasteiger partial charge in [-0.3, -0.25) is 4.79 Å². The van der Waals surface area contributed by atoms with Crippen LogP contribution < -0.4 is 5.32 Å². The second-order valence-corrected chi connectivity index (χ2v) is 8.28. The number of amides is 1. The van der Waals surface area contributed by atoms with Gasteiger partial charge in [0.1, 0.15) is 0 Å². The molecule has 4 fully saturated rings. The second-order valence-electron chi connectivity index (χ2n) is 7.90. The van der Waals surface area contributed by atoms with Gasteiger partial charge in [0.2, 0.25) is 5.91 Å². The van der Waals surface area contributed by atoms with Crippen molar-refractivity contribution in [2.75, 3.05) is 5.88 Å². The Balaban J connectivity index is 1.82. The van der Waals surface area contributed by atoms with E-state index in [4.69, 9.17) is 11.6 Å². The van der Waals surface area contributed by atoms with E-state index in [0.29, 0.717) is 23.1 Å². The molecule has 0 spiro atoms. The first-order valence-corrected chi connectivity index (χ1v) is 7.77. The van der Waals surface area contributed by atoms with E-state index in [0.717, 1.165) is 5.92 Å². The average molecular weight is 270 g/mol. The molecule has 4 bridgehead atoms. The molecule has 0 heterocycles. The van der Waals surface area contributed by atoms with Crippen LogP contribution in [-0.4, -0.2) is 17.3 Å². The molecule has 3 heteroatoms. The summed E-state index contributed by atoms with van der Waals surface area (Å²) in [6.45, 7) is 4.86. The van der Waals surface area contributed by atoms with Crippen molar-refractivity contribution in [1.82, 2.24) is 5.32 Å². The van der Waals surface area contributed by atoms with Crippen LogP contribution in [0.2, 0.25) is 0 Å². The van der Waals surface area contributed by atoms with Crippen LogP contribution in [0.5, 0.6) is 0 Å². The molecule has 1 amide bonds. The first kappa shape index (κ1) is 12.8. The second kappa shape index (κ2) is 3.88. The summed E-state index contributed by atoms with van der Waals surface area (Å²) in [6.07, 6.45) is 8.11. The fourth-order valence-electron chi connectivity index (χ4n) is 6.03. The molecule has 0 aromatic heterocycles. The fourth-order valence-corrected chi connectivity index (χ4v) is 6.20. The summed E-state index contributed by atoms with van der Waals surface area (Å²) in [6, 6.07) is 0. The minimum absolute atomic E-state index is 0.0893. The number of nitrogens with one attached hydrogen (secondary N) is 1. The molecule has 0 aliphatic heterocycles. The Morgan fingerprint density at radius 1 is 1.17 bits per heavy atom. The van der Waals surface area contributed by atoms with Gasteiger partial charge in [-0.05, 0) is 55.3 Å². The predicted molar refractivity (Wildman–Crippen MR) is 73.6 cm³/mol. The number of carbonyl (C=O) groups is 1. The van der Waals surface area contributed by atoms with Gasteiger partial charge >= 0.3 is 0 Å². The Morgan fingerprint density at radius 3 is 2.28 bits per heavy atom. The van der Waals surface area contributed by atoms with Gasteiger partial charge in [0, 0.05) is 17.8 Å². The Morgan fingerprint density at radius 2 is 1.78 bits per heavy atom. The monoisotopic (exact) mass is 269 g/mol. The first-order valence-electron chi connectivity index (χ1n) is 7.23. The maximum atomic E-state index is 11.9. The van der Waals surface area contributed by atoms with E-state index >= 15 is 0 Å². The number of carbonyl (C=O) groups excluding carboxylic acids is 1. The third-order valence-corrected chi connectivity index (χ3v) is 5.54. The van der Waals surface area contributed by atoms with Crippen LogP contribution >= 0.6 is 11.6 Å². The standard InChI is InChI=1S/C15H24ClNO/c1-13-5-11-6-14(2,8-13)10-15(7-11,9-13)17-12(18)3-4-16/h11H,3-10H2,1-2H3,(H,17,18). The van der Waals surface area contributed by atoms with E-state index in [1.807, 2.05) is 0 Å². The maximum Gasteiger partial charge on any atom is 0.221 e. The summed E-state index contributed by atoms with van der Waals surface area (Å²) in [5.41, 5.74) is 1.01. The van der Waals surface area contributed by atoms with Crippen molar-refractivity contribution in [3.8, 4) is 0 Å². The molecule has 4 rings (SSSR count). The minimum Gasteiger partial charge on any atom is -0.351 e. The molecule has 4 aliphatic carbocycles. The maximum absolute atomic E-state index is 11.9. The quantitative estimate of drug-likeness (QED) is 0.781. The van der Waals surface area contributed by atoms with Crippen LogP contribution in [0, 0.1) is 16.7 Å². The van der Waals surface area contributed by atoms with Crippen molar-refractivity contribution in [3.63, 3.8) is 0 Å². The highest BCUT2D eigenvalue weighted by Crippen LogP contribution is 2.66. The zero-order valence-electron chi connectivity index (χ0n) is 11.5. The lowest BCUT2D eigenvalue weighted by Crippen LogP contribution is -2.65. The summed E-state index contributed by atoms with van der Waals surface area (Å²) < 4.78 is 0. The largest absolute Gasteiger partial charge is 0.351 e. The molecule has 0 aromatic rings. The summed E-state index contributed by atoms with van der Waals surface area (Å²) >= 11 is 5.68. The summed E-state index contributed by atoms with van der Waals surface area (Å²) in [5.74, 6) is 1.41.